The maximum Gasteiger partial charge on any atom is 0.435 e. The van der Waals surface area contributed by atoms with Crippen molar-refractivity contribution in [1.29, 1.82) is 0 Å². The van der Waals surface area contributed by atoms with Crippen LogP contribution in [0.15, 0.2) is 45.9 Å². The van der Waals surface area contributed by atoms with Gasteiger partial charge in [0.25, 0.3) is 0 Å². The molecule has 3 fully saturated rings. The average Bonchev–Trinajstić information content (AvgIpc) is 3.50. The number of piperidine rings is 2. The van der Waals surface area contributed by atoms with Gasteiger partial charge in [0.15, 0.2) is 0 Å². The van der Waals surface area contributed by atoms with E-state index in [9.17, 15) is 9.59 Å². The zero-order chi connectivity index (χ0) is 29.0. The van der Waals surface area contributed by atoms with Gasteiger partial charge in [-0.2, -0.15) is 10.1 Å². The molecule has 0 radical (unpaired) electrons. The van der Waals surface area contributed by atoms with Gasteiger partial charge in [0, 0.05) is 32.1 Å². The molecule has 10 heteroatoms. The first-order valence-corrected chi connectivity index (χ1v) is 14.9. The van der Waals surface area contributed by atoms with Crippen molar-refractivity contribution in [3.8, 4) is 0 Å². The molecule has 1 aromatic heterocycles. The van der Waals surface area contributed by atoms with Gasteiger partial charge >= 0.3 is 12.1 Å². The molecule has 0 unspecified atom stereocenters. The number of carbonyl (C=O) groups is 2. The molecule has 0 saturated carbocycles. The highest BCUT2D eigenvalue weighted by Crippen LogP contribution is 2.38. The van der Waals surface area contributed by atoms with Gasteiger partial charge in [0.2, 0.25) is 0 Å². The third-order valence-electron chi connectivity index (χ3n) is 8.21. The number of hydrogen-bond donors (Lipinski definition) is 0. The Balaban J connectivity index is 1.05. The monoisotopic (exact) mass is 565 g/mol. The van der Waals surface area contributed by atoms with Crippen LogP contribution in [0.25, 0.3) is 0 Å². The molecule has 4 heterocycles. The fourth-order valence-electron chi connectivity index (χ4n) is 6.03. The van der Waals surface area contributed by atoms with Crippen LogP contribution in [0.5, 0.6) is 0 Å². The van der Waals surface area contributed by atoms with E-state index in [0.29, 0.717) is 19.1 Å². The Kier molecular flexibility index (Phi) is 8.97. The van der Waals surface area contributed by atoms with Crippen LogP contribution in [0.3, 0.4) is 0 Å². The number of rotatable bonds is 8. The summed E-state index contributed by atoms with van der Waals surface area (Å²) in [6, 6.07) is 11.9. The van der Waals surface area contributed by atoms with E-state index < -0.39 is 11.7 Å². The number of likely N-dealkylation sites (tertiary alicyclic amines) is 1. The summed E-state index contributed by atoms with van der Waals surface area (Å²) in [6.07, 6.45) is 6.34. The van der Waals surface area contributed by atoms with Crippen LogP contribution < -0.4 is 0 Å². The molecule has 3 aliphatic heterocycles. The maximum absolute atomic E-state index is 13.2. The van der Waals surface area contributed by atoms with E-state index in [-0.39, 0.29) is 18.1 Å². The number of amides is 3. The topological polar surface area (TPSA) is 101 Å². The second kappa shape index (κ2) is 12.6. The number of aliphatic imine (C=N–C) groups is 1. The van der Waals surface area contributed by atoms with Crippen molar-refractivity contribution >= 4 is 18.0 Å². The lowest BCUT2D eigenvalue weighted by molar-refractivity contribution is -0.140. The third kappa shape index (κ3) is 7.47. The van der Waals surface area contributed by atoms with Crippen LogP contribution in [0.4, 0.5) is 9.59 Å². The highest BCUT2D eigenvalue weighted by Gasteiger charge is 2.47. The molecule has 41 heavy (non-hydrogen) atoms. The standard InChI is InChI=1S/C31H43N5O5/c1-22(32-29(37)40-31(2,3)4)34-17-15-23(16-18-34)11-8-12-26-19-27(33-41-26)28-14-13-25-20-35(28)30(38)36(25)39-21-24-9-6-5-7-10-24/h5-7,9-10,19,23,25,28H,8,11-18,20-21H2,1-4H3/t25-,28+/m1/s1. The van der Waals surface area contributed by atoms with Crippen LogP contribution in [0.1, 0.15) is 89.3 Å². The molecule has 3 aliphatic rings. The minimum absolute atomic E-state index is 0.0727. The van der Waals surface area contributed by atoms with Crippen molar-refractivity contribution in [3.63, 3.8) is 0 Å². The van der Waals surface area contributed by atoms with Crippen LogP contribution in [0.2, 0.25) is 0 Å². The molecular formula is C31H43N5O5. The molecule has 3 saturated heterocycles. The molecule has 0 N–H and O–H groups in total. The van der Waals surface area contributed by atoms with Gasteiger partial charge in [-0.3, -0.25) is 4.84 Å². The summed E-state index contributed by atoms with van der Waals surface area (Å²) < 4.78 is 11.0. The normalized spacial score (nSPS) is 22.0. The Bertz CT molecular complexity index is 1210. The Hall–Kier alpha value is -3.40. The molecule has 2 aromatic rings. The summed E-state index contributed by atoms with van der Waals surface area (Å²) in [5.41, 5.74) is 1.34. The molecule has 222 valence electrons. The molecule has 10 nitrogen and oxygen atoms in total. The molecular weight excluding hydrogens is 522 g/mol. The lowest BCUT2D eigenvalue weighted by Gasteiger charge is -2.33. The van der Waals surface area contributed by atoms with E-state index in [4.69, 9.17) is 14.1 Å². The summed E-state index contributed by atoms with van der Waals surface area (Å²) >= 11 is 0. The lowest BCUT2D eigenvalue weighted by Crippen LogP contribution is -2.38. The number of aryl methyl sites for hydroxylation is 1. The Morgan fingerprint density at radius 3 is 2.61 bits per heavy atom. The number of fused-ring (bicyclic) bond motifs is 2. The fraction of sp³-hybridized carbons (Fsp3) is 0.613. The number of aromatic nitrogens is 1. The number of nitrogens with zero attached hydrogens (tertiary/aromatic N) is 5. The predicted molar refractivity (Wildman–Crippen MR) is 154 cm³/mol. The molecule has 2 atom stereocenters. The van der Waals surface area contributed by atoms with Crippen molar-refractivity contribution < 1.29 is 23.7 Å². The highest BCUT2D eigenvalue weighted by atomic mass is 16.7. The summed E-state index contributed by atoms with van der Waals surface area (Å²) in [5, 5.41) is 5.92. The largest absolute Gasteiger partial charge is 0.442 e. The zero-order valence-electron chi connectivity index (χ0n) is 24.8. The van der Waals surface area contributed by atoms with Gasteiger partial charge in [0.1, 0.15) is 29.5 Å². The molecule has 5 rings (SSSR count). The second-order valence-electron chi connectivity index (χ2n) is 12.4. The summed E-state index contributed by atoms with van der Waals surface area (Å²) in [7, 11) is 0. The van der Waals surface area contributed by atoms with Crippen molar-refractivity contribution in [2.24, 2.45) is 10.9 Å². The van der Waals surface area contributed by atoms with Crippen LogP contribution in [0, 0.1) is 5.92 Å². The Morgan fingerprint density at radius 2 is 1.88 bits per heavy atom. The number of hydroxylamine groups is 2. The van der Waals surface area contributed by atoms with Gasteiger partial charge in [-0.15, -0.1) is 0 Å². The molecule has 3 amide bonds. The van der Waals surface area contributed by atoms with Gasteiger partial charge in [-0.1, -0.05) is 35.5 Å². The van der Waals surface area contributed by atoms with Crippen molar-refractivity contribution in [3.05, 3.63) is 53.4 Å². The number of ether oxygens (including phenoxy) is 1. The van der Waals surface area contributed by atoms with Gasteiger partial charge < -0.3 is 19.1 Å². The van der Waals surface area contributed by atoms with E-state index in [1.165, 1.54) is 0 Å². The van der Waals surface area contributed by atoms with Crippen molar-refractivity contribution in [2.45, 2.75) is 96.9 Å². The summed E-state index contributed by atoms with van der Waals surface area (Å²) in [4.78, 5) is 39.3. The highest BCUT2D eigenvalue weighted by molar-refractivity contribution is 5.90. The van der Waals surface area contributed by atoms with E-state index in [2.05, 4.69) is 15.0 Å². The minimum Gasteiger partial charge on any atom is -0.442 e. The first-order chi connectivity index (χ1) is 19.7. The van der Waals surface area contributed by atoms with Gasteiger partial charge in [-0.05, 0) is 77.7 Å². The smallest absolute Gasteiger partial charge is 0.435 e. The van der Waals surface area contributed by atoms with Crippen LogP contribution in [-0.2, 0) is 22.6 Å². The van der Waals surface area contributed by atoms with Crippen LogP contribution in [-0.4, -0.2) is 69.3 Å². The number of carbonyl (C=O) groups excluding carboxylic acids is 2. The Labute approximate surface area is 242 Å². The van der Waals surface area contributed by atoms with Gasteiger partial charge in [0.05, 0.1) is 12.1 Å². The first-order valence-electron chi connectivity index (χ1n) is 14.9. The number of hydrogen-bond acceptors (Lipinski definition) is 6. The number of benzene rings is 1. The van der Waals surface area contributed by atoms with Gasteiger partial charge in [-0.25, -0.2) is 9.59 Å². The summed E-state index contributed by atoms with van der Waals surface area (Å²) in [5.74, 6) is 2.24. The zero-order valence-corrected chi connectivity index (χ0v) is 24.8. The molecule has 1 aromatic carbocycles. The third-order valence-corrected chi connectivity index (χ3v) is 8.21. The Morgan fingerprint density at radius 1 is 1.12 bits per heavy atom. The maximum atomic E-state index is 13.2. The van der Waals surface area contributed by atoms with Crippen molar-refractivity contribution in [1.82, 2.24) is 20.0 Å². The SMILES string of the molecule is CC(=NC(=O)OC(C)(C)C)N1CCC(CCCc2cc([C@@H]3CC[C@@H]4CN3C(=O)N4OCc3ccccc3)no2)CC1. The molecule has 0 spiro atoms. The fourth-order valence-corrected chi connectivity index (χ4v) is 6.03. The predicted octanol–water partition coefficient (Wildman–Crippen LogP) is 6.14. The quantitative estimate of drug-likeness (QED) is 0.280. The van der Waals surface area contributed by atoms with E-state index >= 15 is 0 Å². The molecule has 0 aliphatic carbocycles. The second-order valence-corrected chi connectivity index (χ2v) is 12.4. The average molecular weight is 566 g/mol. The van der Waals surface area contributed by atoms with E-state index in [1.807, 2.05) is 69.0 Å². The lowest BCUT2D eigenvalue weighted by atomic mass is 9.91. The number of amidine groups is 1. The minimum atomic E-state index is -0.540. The summed E-state index contributed by atoms with van der Waals surface area (Å²) in [6.45, 7) is 10.2. The number of urea groups is 1. The van der Waals surface area contributed by atoms with E-state index in [0.717, 1.165) is 80.9 Å². The molecule has 2 bridgehead atoms. The first kappa shape index (κ1) is 29.1. The van der Waals surface area contributed by atoms with Crippen LogP contribution >= 0.6 is 0 Å². The van der Waals surface area contributed by atoms with Crippen molar-refractivity contribution in [2.75, 3.05) is 19.6 Å². The van der Waals surface area contributed by atoms with E-state index in [1.54, 1.807) is 5.06 Å².